The van der Waals surface area contributed by atoms with Crippen LogP contribution in [0.3, 0.4) is 0 Å². The van der Waals surface area contributed by atoms with Gasteiger partial charge in [0.05, 0.1) is 0 Å². The minimum absolute atomic E-state index is 0.164. The molecule has 6 heteroatoms. The normalized spacial score (nSPS) is 13.7. The summed E-state index contributed by atoms with van der Waals surface area (Å²) in [6, 6.07) is 0. The fourth-order valence-electron chi connectivity index (χ4n) is 6.29. The van der Waals surface area contributed by atoms with Crippen molar-refractivity contribution in [3.8, 4) is 0 Å². The van der Waals surface area contributed by atoms with Crippen LogP contribution in [-0.4, -0.2) is 37.2 Å². The van der Waals surface area contributed by atoms with E-state index in [9.17, 15) is 14.4 Å². The number of ether oxygens (including phenoxy) is 3. The summed E-state index contributed by atoms with van der Waals surface area (Å²) in [6.07, 6.45) is 91.3. The van der Waals surface area contributed by atoms with E-state index in [1.165, 1.54) is 0 Å². The van der Waals surface area contributed by atoms with Gasteiger partial charge in [-0.15, -0.1) is 0 Å². The number of hydrogen-bond donors (Lipinski definition) is 0. The van der Waals surface area contributed by atoms with Gasteiger partial charge >= 0.3 is 17.9 Å². The molecule has 0 spiro atoms. The Hall–Kier alpha value is -6.01. The first-order valence-corrected chi connectivity index (χ1v) is 27.6. The van der Waals surface area contributed by atoms with Gasteiger partial charge in [-0.1, -0.05) is 227 Å². The van der Waals surface area contributed by atoms with Crippen LogP contribution in [0.1, 0.15) is 175 Å². The molecule has 0 aliphatic heterocycles. The van der Waals surface area contributed by atoms with Gasteiger partial charge in [-0.05, 0) is 135 Å². The summed E-state index contributed by atoms with van der Waals surface area (Å²) in [5.74, 6) is -1.22. The molecule has 0 heterocycles. The zero-order valence-electron chi connectivity index (χ0n) is 45.5. The lowest BCUT2D eigenvalue weighted by Crippen LogP contribution is -2.30. The Morgan fingerprint density at radius 2 is 0.493 bits per heavy atom. The fraction of sp³-hybridized carbons (Fsp3) is 0.448. The molecule has 0 aromatic carbocycles. The van der Waals surface area contributed by atoms with E-state index in [-0.39, 0.29) is 38.4 Å². The Morgan fingerprint density at radius 3 is 0.767 bits per heavy atom. The maximum Gasteiger partial charge on any atom is 0.306 e. The van der Waals surface area contributed by atoms with Crippen molar-refractivity contribution in [1.29, 1.82) is 0 Å². The first-order chi connectivity index (χ1) is 36.0. The number of hydrogen-bond acceptors (Lipinski definition) is 6. The second-order valence-corrected chi connectivity index (χ2v) is 17.0. The standard InChI is InChI=1S/C67H96O6/c1-4-7-10-13-16-19-22-25-27-29-31-32-33-34-36-37-39-42-45-48-51-54-57-60-66(69)72-63-64(62-71-65(68)59-56-53-50-47-44-41-24-21-18-15-12-9-6-3)73-67(70)61-58-55-52-49-46-43-40-38-35-30-28-26-23-20-17-14-11-8-5-2/h7-12,16-21,25-28,31-32,34-36,38-39,41-44,46,48,50-53,55,64H,4-6,13-15,22-24,29-30,33,37,40,45,47,49,54,56-63H2,1-3H3/b10-7-,11-8-,12-9-,19-16-,20-17-,21-18-,27-25-,28-26-,32-31-,36-34-,38-35-,42-39-,44-41-,46-43-,51-48-,53-50-,55-52-. The predicted octanol–water partition coefficient (Wildman–Crippen LogP) is 18.9. The van der Waals surface area contributed by atoms with Crippen molar-refractivity contribution in [3.63, 3.8) is 0 Å². The zero-order valence-corrected chi connectivity index (χ0v) is 45.5. The molecule has 0 aliphatic carbocycles. The van der Waals surface area contributed by atoms with Gasteiger partial charge in [-0.2, -0.15) is 0 Å². The van der Waals surface area contributed by atoms with E-state index in [4.69, 9.17) is 14.2 Å². The van der Waals surface area contributed by atoms with Crippen molar-refractivity contribution >= 4 is 17.9 Å². The van der Waals surface area contributed by atoms with Crippen LogP contribution in [0.15, 0.2) is 207 Å². The van der Waals surface area contributed by atoms with Crippen LogP contribution < -0.4 is 0 Å². The summed E-state index contributed by atoms with van der Waals surface area (Å²) in [7, 11) is 0. The number of esters is 3. The van der Waals surface area contributed by atoms with E-state index in [1.54, 1.807) is 0 Å². The largest absolute Gasteiger partial charge is 0.462 e. The van der Waals surface area contributed by atoms with Gasteiger partial charge in [-0.3, -0.25) is 14.4 Å². The van der Waals surface area contributed by atoms with E-state index in [0.29, 0.717) is 19.3 Å². The highest BCUT2D eigenvalue weighted by Crippen LogP contribution is 2.08. The van der Waals surface area contributed by atoms with E-state index in [0.717, 1.165) is 116 Å². The summed E-state index contributed by atoms with van der Waals surface area (Å²) in [5.41, 5.74) is 0. The van der Waals surface area contributed by atoms with Crippen LogP contribution >= 0.6 is 0 Å². The summed E-state index contributed by atoms with van der Waals surface area (Å²) >= 11 is 0. The Bertz CT molecular complexity index is 1860. The molecule has 0 saturated heterocycles. The molecule has 0 amide bonds. The van der Waals surface area contributed by atoms with Gasteiger partial charge in [0, 0.05) is 19.3 Å². The highest BCUT2D eigenvalue weighted by molar-refractivity contribution is 5.71. The first kappa shape index (κ1) is 67.0. The molecule has 0 aromatic heterocycles. The average Bonchev–Trinajstić information content (AvgIpc) is 3.39. The van der Waals surface area contributed by atoms with Crippen LogP contribution in [0.4, 0.5) is 0 Å². The number of allylic oxidation sites excluding steroid dienone is 34. The van der Waals surface area contributed by atoms with Crippen LogP contribution in [0.5, 0.6) is 0 Å². The Morgan fingerprint density at radius 1 is 0.274 bits per heavy atom. The average molecular weight is 997 g/mol. The molecule has 400 valence electrons. The van der Waals surface area contributed by atoms with Crippen LogP contribution in [-0.2, 0) is 28.6 Å². The Labute approximate surface area is 445 Å². The van der Waals surface area contributed by atoms with Crippen molar-refractivity contribution in [2.24, 2.45) is 0 Å². The Balaban J connectivity index is 4.70. The van der Waals surface area contributed by atoms with Crippen molar-refractivity contribution < 1.29 is 28.6 Å². The lowest BCUT2D eigenvalue weighted by molar-refractivity contribution is -0.166. The Kier molecular flexibility index (Phi) is 53.7. The second-order valence-electron chi connectivity index (χ2n) is 17.0. The first-order valence-electron chi connectivity index (χ1n) is 27.6. The van der Waals surface area contributed by atoms with E-state index < -0.39 is 18.0 Å². The number of carbonyl (C=O) groups is 3. The van der Waals surface area contributed by atoms with Gasteiger partial charge in [0.1, 0.15) is 13.2 Å². The van der Waals surface area contributed by atoms with Gasteiger partial charge < -0.3 is 14.2 Å². The lowest BCUT2D eigenvalue weighted by atomic mass is 10.2. The molecule has 73 heavy (non-hydrogen) atoms. The molecular formula is C67H96O6. The number of carbonyl (C=O) groups excluding carboxylic acids is 3. The lowest BCUT2D eigenvalue weighted by Gasteiger charge is -2.18. The van der Waals surface area contributed by atoms with Crippen molar-refractivity contribution in [3.05, 3.63) is 207 Å². The summed E-state index contributed by atoms with van der Waals surface area (Å²) in [5, 5.41) is 0. The second kappa shape index (κ2) is 58.6. The topological polar surface area (TPSA) is 78.9 Å². The van der Waals surface area contributed by atoms with Crippen LogP contribution in [0, 0.1) is 0 Å². The number of rotatable bonds is 46. The highest BCUT2D eigenvalue weighted by atomic mass is 16.6. The molecule has 0 saturated carbocycles. The van der Waals surface area contributed by atoms with Gasteiger partial charge in [0.15, 0.2) is 6.10 Å². The zero-order chi connectivity index (χ0) is 52.9. The smallest absolute Gasteiger partial charge is 0.306 e. The highest BCUT2D eigenvalue weighted by Gasteiger charge is 2.19. The molecule has 1 atom stereocenters. The van der Waals surface area contributed by atoms with Crippen LogP contribution in [0.25, 0.3) is 0 Å². The van der Waals surface area contributed by atoms with Crippen molar-refractivity contribution in [2.75, 3.05) is 13.2 Å². The molecule has 0 aliphatic rings. The summed E-state index contributed by atoms with van der Waals surface area (Å²) in [6.45, 7) is 6.08. The molecule has 0 N–H and O–H groups in total. The maximum atomic E-state index is 12.8. The van der Waals surface area contributed by atoms with E-state index >= 15 is 0 Å². The third-order valence-corrected chi connectivity index (χ3v) is 10.3. The number of unbranched alkanes of at least 4 members (excludes halogenated alkanes) is 1. The molecule has 0 aromatic rings. The van der Waals surface area contributed by atoms with Crippen molar-refractivity contribution in [2.45, 2.75) is 181 Å². The van der Waals surface area contributed by atoms with Gasteiger partial charge in [-0.25, -0.2) is 0 Å². The SMILES string of the molecule is CC/C=C\C/C=C\C/C=C\C/C=C\C/C=C\C/C=C\C/C=C\CCCC(=O)OCC(COC(=O)CC/C=C\C/C=C\C/C=C\C/C=C\CC)OC(=O)CC/C=C\C/C=C\C/C=C\C/C=C\C/C=C\C/C=C\CC. The summed E-state index contributed by atoms with van der Waals surface area (Å²) < 4.78 is 16.6. The van der Waals surface area contributed by atoms with E-state index in [2.05, 4.69) is 203 Å². The molecule has 1 unspecified atom stereocenters. The van der Waals surface area contributed by atoms with Gasteiger partial charge in [0.25, 0.3) is 0 Å². The van der Waals surface area contributed by atoms with Crippen LogP contribution in [0.2, 0.25) is 0 Å². The molecule has 6 nitrogen and oxygen atoms in total. The molecule has 0 radical (unpaired) electrons. The molecule has 0 fully saturated rings. The van der Waals surface area contributed by atoms with Crippen molar-refractivity contribution in [1.82, 2.24) is 0 Å². The molecule has 0 bridgehead atoms. The maximum absolute atomic E-state index is 12.8. The third kappa shape index (κ3) is 56.8. The molecule has 0 rings (SSSR count). The predicted molar refractivity (Wildman–Crippen MR) is 315 cm³/mol. The fourth-order valence-corrected chi connectivity index (χ4v) is 6.29. The van der Waals surface area contributed by atoms with Gasteiger partial charge in [0.2, 0.25) is 0 Å². The minimum Gasteiger partial charge on any atom is -0.462 e. The quantitative estimate of drug-likeness (QED) is 0.0262. The minimum atomic E-state index is -0.885. The summed E-state index contributed by atoms with van der Waals surface area (Å²) in [4.78, 5) is 38.0. The third-order valence-electron chi connectivity index (χ3n) is 10.3. The van der Waals surface area contributed by atoms with E-state index in [1.807, 2.05) is 24.3 Å². The monoisotopic (exact) mass is 997 g/mol. The molecular weight excluding hydrogens is 901 g/mol.